The van der Waals surface area contributed by atoms with Crippen molar-refractivity contribution in [1.82, 2.24) is 4.57 Å². The van der Waals surface area contributed by atoms with Gasteiger partial charge in [-0.1, -0.05) is 38.1 Å². The van der Waals surface area contributed by atoms with Crippen LogP contribution in [0.3, 0.4) is 0 Å². The Kier molecular flexibility index (Phi) is 4.31. The van der Waals surface area contributed by atoms with Gasteiger partial charge in [0.1, 0.15) is 0 Å². The van der Waals surface area contributed by atoms with Crippen molar-refractivity contribution in [2.24, 2.45) is 0 Å². The molecule has 0 bridgehead atoms. The molecule has 1 aromatic carbocycles. The highest BCUT2D eigenvalue weighted by molar-refractivity contribution is 5.96. The molecular weight excluding hydrogens is 250 g/mol. The Morgan fingerprint density at radius 2 is 1.85 bits per heavy atom. The molecule has 0 N–H and O–H groups in total. The van der Waals surface area contributed by atoms with Crippen molar-refractivity contribution in [2.45, 2.75) is 19.8 Å². The topological polar surface area (TPSA) is 39.1 Å². The minimum Gasteiger partial charge on any atom is -0.296 e. The molecule has 0 radical (unpaired) electrons. The molecule has 0 amide bonds. The van der Waals surface area contributed by atoms with Crippen LogP contribution in [0.5, 0.6) is 0 Å². The van der Waals surface area contributed by atoms with E-state index in [0.29, 0.717) is 17.9 Å². The lowest BCUT2D eigenvalue weighted by Gasteiger charge is -2.04. The Labute approximate surface area is 118 Å². The van der Waals surface area contributed by atoms with Crippen LogP contribution in [-0.4, -0.2) is 16.8 Å². The molecule has 0 unspecified atom stereocenters. The van der Waals surface area contributed by atoms with Gasteiger partial charge in [0.05, 0.1) is 5.69 Å². The fourth-order valence-corrected chi connectivity index (χ4v) is 1.93. The van der Waals surface area contributed by atoms with Gasteiger partial charge >= 0.3 is 0 Å². The van der Waals surface area contributed by atoms with E-state index in [4.69, 9.17) is 0 Å². The molecule has 102 valence electrons. The lowest BCUT2D eigenvalue weighted by Crippen LogP contribution is -2.08. The predicted molar refractivity (Wildman–Crippen MR) is 80.0 cm³/mol. The highest BCUT2D eigenvalue weighted by Crippen LogP contribution is 2.15. The van der Waals surface area contributed by atoms with Gasteiger partial charge < -0.3 is 0 Å². The van der Waals surface area contributed by atoms with E-state index in [1.807, 2.05) is 12.1 Å². The van der Waals surface area contributed by atoms with E-state index in [2.05, 4.69) is 26.0 Å². The van der Waals surface area contributed by atoms with Crippen molar-refractivity contribution in [3.05, 3.63) is 65.5 Å². The van der Waals surface area contributed by atoms with Gasteiger partial charge in [-0.05, 0) is 35.3 Å². The molecule has 0 saturated carbocycles. The van der Waals surface area contributed by atoms with Crippen LogP contribution < -0.4 is 0 Å². The Morgan fingerprint density at radius 3 is 2.45 bits per heavy atom. The van der Waals surface area contributed by atoms with Gasteiger partial charge in [0.2, 0.25) is 0 Å². The molecule has 0 atom stereocenters. The molecule has 2 rings (SSSR count). The molecule has 2 aromatic rings. The first kappa shape index (κ1) is 14.0. The Morgan fingerprint density at radius 1 is 1.15 bits per heavy atom. The van der Waals surface area contributed by atoms with E-state index >= 15 is 0 Å². The van der Waals surface area contributed by atoms with Crippen molar-refractivity contribution in [3.63, 3.8) is 0 Å². The monoisotopic (exact) mass is 267 g/mol. The molecule has 3 nitrogen and oxygen atoms in total. The number of benzene rings is 1. The summed E-state index contributed by atoms with van der Waals surface area (Å²) in [7, 11) is 0. The quantitative estimate of drug-likeness (QED) is 0.624. The fourth-order valence-electron chi connectivity index (χ4n) is 1.93. The summed E-state index contributed by atoms with van der Waals surface area (Å²) >= 11 is 0. The summed E-state index contributed by atoms with van der Waals surface area (Å²) in [5, 5.41) is 0. The summed E-state index contributed by atoms with van der Waals surface area (Å²) in [5.41, 5.74) is 2.58. The third-order valence-corrected chi connectivity index (χ3v) is 3.16. The standard InChI is InChI=1S/C17H17NO2/c1-13(2)15-8-5-14(6-9-15)7-10-17(20)18-11-3-4-16(18)12-19/h3-13H,1-2H3/b10-7+. The lowest BCUT2D eigenvalue weighted by molar-refractivity contribution is 0.0956. The first-order valence-electron chi connectivity index (χ1n) is 6.56. The zero-order valence-electron chi connectivity index (χ0n) is 11.6. The molecule has 1 heterocycles. The highest BCUT2D eigenvalue weighted by atomic mass is 16.2. The number of nitrogens with zero attached hydrogens (tertiary/aromatic N) is 1. The van der Waals surface area contributed by atoms with E-state index < -0.39 is 0 Å². The van der Waals surface area contributed by atoms with Gasteiger partial charge in [-0.15, -0.1) is 0 Å². The third kappa shape index (κ3) is 3.12. The lowest BCUT2D eigenvalue weighted by atomic mass is 10.0. The van der Waals surface area contributed by atoms with Crippen LogP contribution in [0.2, 0.25) is 0 Å². The Hall–Kier alpha value is -2.42. The maximum absolute atomic E-state index is 12.0. The van der Waals surface area contributed by atoms with Crippen LogP contribution in [0.15, 0.2) is 48.7 Å². The summed E-state index contributed by atoms with van der Waals surface area (Å²) in [6.07, 6.45) is 5.47. The van der Waals surface area contributed by atoms with Crippen LogP contribution in [-0.2, 0) is 0 Å². The SMILES string of the molecule is CC(C)c1ccc(/C=C/C(=O)n2cccc2C=O)cc1. The number of rotatable bonds is 4. The Bertz CT molecular complexity index is 633. The fraction of sp³-hybridized carbons (Fsp3) is 0.176. The second-order valence-corrected chi connectivity index (χ2v) is 4.91. The van der Waals surface area contributed by atoms with E-state index in [-0.39, 0.29) is 5.91 Å². The normalized spacial score (nSPS) is 11.2. The van der Waals surface area contributed by atoms with Gasteiger partial charge in [-0.25, -0.2) is 0 Å². The van der Waals surface area contributed by atoms with E-state index in [0.717, 1.165) is 5.56 Å². The Balaban J connectivity index is 2.13. The summed E-state index contributed by atoms with van der Waals surface area (Å²) in [6.45, 7) is 4.28. The van der Waals surface area contributed by atoms with Crippen LogP contribution in [0.4, 0.5) is 0 Å². The molecule has 3 heteroatoms. The maximum Gasteiger partial charge on any atom is 0.255 e. The molecule has 1 aromatic heterocycles. The van der Waals surface area contributed by atoms with Crippen molar-refractivity contribution in [3.8, 4) is 0 Å². The van der Waals surface area contributed by atoms with Gasteiger partial charge in [-0.3, -0.25) is 14.2 Å². The number of carbonyl (C=O) groups excluding carboxylic acids is 2. The van der Waals surface area contributed by atoms with Crippen LogP contribution in [0.1, 0.15) is 46.2 Å². The number of hydrogen-bond acceptors (Lipinski definition) is 2. The molecule has 0 aliphatic rings. The smallest absolute Gasteiger partial charge is 0.255 e. The van der Waals surface area contributed by atoms with Gasteiger partial charge in [0, 0.05) is 12.3 Å². The average Bonchev–Trinajstić information content (AvgIpc) is 2.93. The summed E-state index contributed by atoms with van der Waals surface area (Å²) in [5.74, 6) is 0.259. The second kappa shape index (κ2) is 6.15. The van der Waals surface area contributed by atoms with Gasteiger partial charge in [-0.2, -0.15) is 0 Å². The number of aldehydes is 1. The summed E-state index contributed by atoms with van der Waals surface area (Å²) < 4.78 is 1.33. The molecule has 20 heavy (non-hydrogen) atoms. The number of aromatic nitrogens is 1. The van der Waals surface area contributed by atoms with E-state index in [9.17, 15) is 9.59 Å². The van der Waals surface area contributed by atoms with Crippen molar-refractivity contribution < 1.29 is 9.59 Å². The molecule has 0 saturated heterocycles. The zero-order chi connectivity index (χ0) is 14.5. The summed E-state index contributed by atoms with van der Waals surface area (Å²) in [6, 6.07) is 11.4. The molecular formula is C17H17NO2. The number of hydrogen-bond donors (Lipinski definition) is 0. The van der Waals surface area contributed by atoms with Crippen molar-refractivity contribution in [2.75, 3.05) is 0 Å². The number of carbonyl (C=O) groups is 2. The average molecular weight is 267 g/mol. The minimum atomic E-state index is -0.231. The molecule has 0 spiro atoms. The molecule has 0 aliphatic heterocycles. The zero-order valence-corrected chi connectivity index (χ0v) is 11.6. The number of allylic oxidation sites excluding steroid dienone is 1. The molecule has 0 aliphatic carbocycles. The van der Waals surface area contributed by atoms with Crippen molar-refractivity contribution >= 4 is 18.3 Å². The summed E-state index contributed by atoms with van der Waals surface area (Å²) in [4.78, 5) is 22.7. The van der Waals surface area contributed by atoms with Crippen molar-refractivity contribution in [1.29, 1.82) is 0 Å². The third-order valence-electron chi connectivity index (χ3n) is 3.16. The minimum absolute atomic E-state index is 0.231. The molecule has 0 fully saturated rings. The maximum atomic E-state index is 12.0. The first-order valence-corrected chi connectivity index (χ1v) is 6.56. The second-order valence-electron chi connectivity index (χ2n) is 4.91. The van der Waals surface area contributed by atoms with Crippen LogP contribution in [0, 0.1) is 0 Å². The first-order chi connectivity index (χ1) is 9.61. The van der Waals surface area contributed by atoms with Gasteiger partial charge in [0.25, 0.3) is 5.91 Å². The van der Waals surface area contributed by atoms with Gasteiger partial charge in [0.15, 0.2) is 6.29 Å². The van der Waals surface area contributed by atoms with E-state index in [1.54, 1.807) is 24.4 Å². The van der Waals surface area contributed by atoms with Crippen LogP contribution >= 0.6 is 0 Å². The largest absolute Gasteiger partial charge is 0.296 e. The van der Waals surface area contributed by atoms with Crippen LogP contribution in [0.25, 0.3) is 6.08 Å². The highest BCUT2D eigenvalue weighted by Gasteiger charge is 2.04. The predicted octanol–water partition coefficient (Wildman–Crippen LogP) is 3.78. The van der Waals surface area contributed by atoms with E-state index in [1.165, 1.54) is 16.2 Å².